The van der Waals surface area contributed by atoms with E-state index in [1.54, 1.807) is 6.08 Å². The largest absolute Gasteiger partial charge is 0.489 e. The number of amides is 1. The number of carbonyl (C=O) groups is 3. The van der Waals surface area contributed by atoms with Crippen molar-refractivity contribution < 1.29 is 28.6 Å². The van der Waals surface area contributed by atoms with Crippen molar-refractivity contribution >= 4 is 28.7 Å². The molecule has 1 saturated heterocycles. The molecule has 4 aromatic rings. The van der Waals surface area contributed by atoms with Gasteiger partial charge in [0.1, 0.15) is 12.4 Å². The van der Waals surface area contributed by atoms with Crippen LogP contribution < -0.4 is 10.1 Å². The number of esters is 2. The fourth-order valence-electron chi connectivity index (χ4n) is 5.22. The van der Waals surface area contributed by atoms with Crippen LogP contribution in [0.25, 0.3) is 10.9 Å². The number of hydrogen-bond acceptors (Lipinski definition) is 10. The normalized spacial score (nSPS) is 16.5. The number of nitrogens with zero attached hydrogens (tertiary/aromatic N) is 5. The van der Waals surface area contributed by atoms with Crippen molar-refractivity contribution in [2.75, 3.05) is 27.4 Å². The summed E-state index contributed by atoms with van der Waals surface area (Å²) in [5.74, 6) is -1.13. The number of likely N-dealkylation sites (tertiary alicyclic amines) is 1. The lowest BCUT2D eigenvalue weighted by molar-refractivity contribution is -0.125. The van der Waals surface area contributed by atoms with Gasteiger partial charge in [0.05, 0.1) is 44.1 Å². The third kappa shape index (κ3) is 6.38. The van der Waals surface area contributed by atoms with Gasteiger partial charge in [-0.2, -0.15) is 0 Å². The van der Waals surface area contributed by atoms with Crippen LogP contribution in [0.5, 0.6) is 5.75 Å². The van der Waals surface area contributed by atoms with E-state index in [9.17, 15) is 14.4 Å². The Labute approximate surface area is 248 Å². The Morgan fingerprint density at radius 3 is 2.58 bits per heavy atom. The zero-order valence-electron chi connectivity index (χ0n) is 23.9. The highest BCUT2D eigenvalue weighted by molar-refractivity contribution is 6.00. The number of ether oxygens (including phenoxy) is 3. The Balaban J connectivity index is 1.42. The number of benzene rings is 2. The number of aromatic nitrogens is 4. The lowest BCUT2D eigenvalue weighted by atomic mass is 10.1. The summed E-state index contributed by atoms with van der Waals surface area (Å²) in [6.45, 7) is 5.00. The lowest BCUT2D eigenvalue weighted by Gasteiger charge is -2.24. The maximum Gasteiger partial charge on any atom is 0.361 e. The first-order valence-electron chi connectivity index (χ1n) is 13.7. The molecule has 2 atom stereocenters. The summed E-state index contributed by atoms with van der Waals surface area (Å²) < 4.78 is 16.9. The Hall–Kier alpha value is -5.10. The van der Waals surface area contributed by atoms with Crippen molar-refractivity contribution in [3.05, 3.63) is 96.0 Å². The molecule has 1 fully saturated rings. The summed E-state index contributed by atoms with van der Waals surface area (Å²) in [5.41, 5.74) is 2.06. The van der Waals surface area contributed by atoms with Crippen molar-refractivity contribution in [1.82, 2.24) is 30.2 Å². The van der Waals surface area contributed by atoms with Crippen LogP contribution in [0.3, 0.4) is 0 Å². The number of pyridine rings is 1. The molecular weight excluding hydrogens is 552 g/mol. The lowest BCUT2D eigenvalue weighted by Crippen LogP contribution is -2.42. The fraction of sp³-hybridized carbons (Fsp3) is 0.290. The van der Waals surface area contributed by atoms with Gasteiger partial charge in [-0.25, -0.2) is 14.3 Å². The number of fused-ring (bicyclic) bond motifs is 1. The minimum absolute atomic E-state index is 0.129. The van der Waals surface area contributed by atoms with Crippen LogP contribution in [0.4, 0.5) is 0 Å². The topological polar surface area (TPSA) is 138 Å². The van der Waals surface area contributed by atoms with Crippen LogP contribution in [0.2, 0.25) is 0 Å². The monoisotopic (exact) mass is 584 g/mol. The average molecular weight is 585 g/mol. The van der Waals surface area contributed by atoms with Gasteiger partial charge in [0.2, 0.25) is 11.6 Å². The van der Waals surface area contributed by atoms with Crippen molar-refractivity contribution in [3.8, 4) is 5.75 Å². The van der Waals surface area contributed by atoms with Crippen LogP contribution in [0.15, 0.2) is 73.3 Å². The molecule has 1 amide bonds. The molecule has 12 heteroatoms. The van der Waals surface area contributed by atoms with Gasteiger partial charge in [-0.05, 0) is 24.6 Å². The molecule has 0 unspecified atom stereocenters. The quantitative estimate of drug-likeness (QED) is 0.207. The average Bonchev–Trinajstić information content (AvgIpc) is 3.67. The number of nitrogens with one attached hydrogen (secondary N) is 1. The van der Waals surface area contributed by atoms with Crippen LogP contribution in [-0.2, 0) is 27.4 Å². The van der Waals surface area contributed by atoms with E-state index in [0.29, 0.717) is 31.9 Å². The highest BCUT2D eigenvalue weighted by Crippen LogP contribution is 2.32. The summed E-state index contributed by atoms with van der Waals surface area (Å²) in [7, 11) is 2.40. The van der Waals surface area contributed by atoms with E-state index in [4.69, 9.17) is 14.2 Å². The SMILES string of the molecule is C=CCOc1ccccc1CN1C[C@@H](n2nnc(C(=O)OC)c2C(=O)OC)C[C@H]1C(=O)NCc1ccc2ccccc2n1. The van der Waals surface area contributed by atoms with Gasteiger partial charge >= 0.3 is 11.9 Å². The summed E-state index contributed by atoms with van der Waals surface area (Å²) in [4.78, 5) is 45.4. The summed E-state index contributed by atoms with van der Waals surface area (Å²) in [5, 5.41) is 12.1. The van der Waals surface area contributed by atoms with Crippen LogP contribution >= 0.6 is 0 Å². The molecule has 0 spiro atoms. The molecule has 0 radical (unpaired) electrons. The highest BCUT2D eigenvalue weighted by Gasteiger charge is 2.41. The molecule has 0 bridgehead atoms. The summed E-state index contributed by atoms with van der Waals surface area (Å²) in [6, 6.07) is 18.1. The Morgan fingerprint density at radius 2 is 1.79 bits per heavy atom. The molecule has 5 rings (SSSR count). The molecular formula is C31H32N6O6. The second-order valence-electron chi connectivity index (χ2n) is 9.97. The number of hydrogen-bond donors (Lipinski definition) is 1. The highest BCUT2D eigenvalue weighted by atomic mass is 16.5. The van der Waals surface area contributed by atoms with Gasteiger partial charge in [0.15, 0.2) is 5.69 Å². The fourth-order valence-corrected chi connectivity index (χ4v) is 5.22. The molecule has 2 aromatic heterocycles. The van der Waals surface area contributed by atoms with Gasteiger partial charge in [-0.1, -0.05) is 60.3 Å². The van der Waals surface area contributed by atoms with E-state index in [-0.39, 0.29) is 23.8 Å². The van der Waals surface area contributed by atoms with Crippen molar-refractivity contribution in [2.45, 2.75) is 31.6 Å². The van der Waals surface area contributed by atoms with Gasteiger partial charge < -0.3 is 19.5 Å². The summed E-state index contributed by atoms with van der Waals surface area (Å²) >= 11 is 0. The number of methoxy groups -OCH3 is 2. The number of rotatable bonds is 11. The number of para-hydroxylation sites is 2. The summed E-state index contributed by atoms with van der Waals surface area (Å²) in [6.07, 6.45) is 1.96. The van der Waals surface area contributed by atoms with E-state index < -0.39 is 24.0 Å². The van der Waals surface area contributed by atoms with Crippen molar-refractivity contribution in [3.63, 3.8) is 0 Å². The third-order valence-corrected chi connectivity index (χ3v) is 7.28. The van der Waals surface area contributed by atoms with E-state index in [1.807, 2.05) is 65.6 Å². The molecule has 2 aromatic carbocycles. The second kappa shape index (κ2) is 13.3. The van der Waals surface area contributed by atoms with E-state index in [2.05, 4.69) is 27.2 Å². The zero-order valence-corrected chi connectivity index (χ0v) is 23.9. The maximum absolute atomic E-state index is 13.7. The first-order valence-corrected chi connectivity index (χ1v) is 13.7. The minimum atomic E-state index is -0.813. The van der Waals surface area contributed by atoms with Gasteiger partial charge in [0, 0.05) is 24.0 Å². The minimum Gasteiger partial charge on any atom is -0.489 e. The zero-order chi connectivity index (χ0) is 30.3. The van der Waals surface area contributed by atoms with E-state index >= 15 is 0 Å². The molecule has 1 aliphatic heterocycles. The molecule has 222 valence electrons. The van der Waals surface area contributed by atoms with Gasteiger partial charge in [0.25, 0.3) is 0 Å². The molecule has 1 aliphatic rings. The third-order valence-electron chi connectivity index (χ3n) is 7.28. The predicted molar refractivity (Wildman–Crippen MR) is 156 cm³/mol. The first kappa shape index (κ1) is 29.4. The van der Waals surface area contributed by atoms with Crippen molar-refractivity contribution in [1.29, 1.82) is 0 Å². The van der Waals surface area contributed by atoms with Crippen molar-refractivity contribution in [2.24, 2.45) is 0 Å². The van der Waals surface area contributed by atoms with Gasteiger partial charge in [-0.15, -0.1) is 5.10 Å². The Kier molecular flexibility index (Phi) is 9.06. The van der Waals surface area contributed by atoms with Gasteiger partial charge in [-0.3, -0.25) is 14.7 Å². The Morgan fingerprint density at radius 1 is 1.02 bits per heavy atom. The second-order valence-corrected chi connectivity index (χ2v) is 9.97. The maximum atomic E-state index is 13.7. The Bertz CT molecular complexity index is 1650. The molecule has 12 nitrogen and oxygen atoms in total. The molecule has 1 N–H and O–H groups in total. The van der Waals surface area contributed by atoms with E-state index in [1.165, 1.54) is 18.9 Å². The van der Waals surface area contributed by atoms with E-state index in [0.717, 1.165) is 22.2 Å². The first-order chi connectivity index (χ1) is 20.9. The molecule has 0 saturated carbocycles. The predicted octanol–water partition coefficient (Wildman–Crippen LogP) is 3.10. The smallest absolute Gasteiger partial charge is 0.361 e. The van der Waals surface area contributed by atoms with Crippen LogP contribution in [0, 0.1) is 0 Å². The van der Waals surface area contributed by atoms with Crippen LogP contribution in [0.1, 0.15) is 44.7 Å². The molecule has 0 aliphatic carbocycles. The molecule has 3 heterocycles. The molecule has 43 heavy (non-hydrogen) atoms. The standard InChI is InChI=1S/C31H32N6O6/c1-4-15-43-26-12-8-6-10-21(26)18-36-19-23(37-28(31(40)42-3)27(34-35-37)30(39)41-2)16-25(36)29(38)32-17-22-14-13-20-9-5-7-11-24(20)33-22/h4-14,23,25H,1,15-19H2,2-3H3,(H,32,38)/t23-,25-/m0/s1. The number of carbonyl (C=O) groups excluding carboxylic acids is 3. The van der Waals surface area contributed by atoms with Crippen LogP contribution in [-0.4, -0.2) is 76.1 Å².